The molecule has 0 aromatic heterocycles. The Bertz CT molecular complexity index is 740. The zero-order valence-electron chi connectivity index (χ0n) is 14.6. The minimum absolute atomic E-state index is 0.280. The number of carbonyl (C=O) groups excluding carboxylic acids is 1. The number of nitrogens with one attached hydrogen (secondary N) is 2. The van der Waals surface area contributed by atoms with E-state index in [9.17, 15) is 4.79 Å². The molecule has 1 fully saturated rings. The van der Waals surface area contributed by atoms with Crippen molar-refractivity contribution in [1.29, 1.82) is 0 Å². The lowest BCUT2D eigenvalue weighted by Crippen LogP contribution is -2.44. The molecule has 2 amide bonds. The minimum Gasteiger partial charge on any atom is -0.369 e. The number of hydrogen-bond acceptors (Lipinski definition) is 3. The number of carbonyl (C=O) groups is 1. The first-order chi connectivity index (χ1) is 12.0. The average Bonchev–Trinajstić information content (AvgIpc) is 2.60. The van der Waals surface area contributed by atoms with Gasteiger partial charge in [-0.2, -0.15) is 0 Å². The number of anilines is 3. The van der Waals surface area contributed by atoms with Crippen LogP contribution < -0.4 is 15.5 Å². The summed E-state index contributed by atoms with van der Waals surface area (Å²) in [7, 11) is 2.14. The number of benzene rings is 2. The van der Waals surface area contributed by atoms with Crippen molar-refractivity contribution in [2.75, 3.05) is 48.8 Å². The maximum absolute atomic E-state index is 12.2. The van der Waals surface area contributed by atoms with Gasteiger partial charge >= 0.3 is 6.03 Å². The van der Waals surface area contributed by atoms with Crippen molar-refractivity contribution in [3.05, 3.63) is 53.1 Å². The third-order valence-electron chi connectivity index (χ3n) is 4.51. The summed E-state index contributed by atoms with van der Waals surface area (Å²) < 4.78 is 0. The van der Waals surface area contributed by atoms with E-state index in [0.29, 0.717) is 10.7 Å². The molecular formula is C19H23ClN4O. The number of rotatable bonds is 3. The second-order valence-electron chi connectivity index (χ2n) is 6.33. The summed E-state index contributed by atoms with van der Waals surface area (Å²) in [4.78, 5) is 16.9. The molecule has 2 aromatic rings. The maximum atomic E-state index is 12.2. The van der Waals surface area contributed by atoms with Gasteiger partial charge in [-0.3, -0.25) is 0 Å². The molecule has 0 aliphatic carbocycles. The van der Waals surface area contributed by atoms with Gasteiger partial charge in [-0.05, 0) is 55.9 Å². The molecule has 25 heavy (non-hydrogen) atoms. The van der Waals surface area contributed by atoms with E-state index >= 15 is 0 Å². The number of nitrogens with zero attached hydrogens (tertiary/aromatic N) is 2. The lowest BCUT2D eigenvalue weighted by atomic mass is 10.2. The molecule has 0 spiro atoms. The summed E-state index contributed by atoms with van der Waals surface area (Å²) in [5, 5.41) is 6.32. The molecule has 1 saturated heterocycles. The highest BCUT2D eigenvalue weighted by atomic mass is 35.5. The Morgan fingerprint density at radius 1 is 1.00 bits per heavy atom. The van der Waals surface area contributed by atoms with Crippen molar-refractivity contribution < 1.29 is 4.79 Å². The Morgan fingerprint density at radius 3 is 2.36 bits per heavy atom. The first-order valence-corrected chi connectivity index (χ1v) is 8.77. The summed E-state index contributed by atoms with van der Waals surface area (Å²) >= 11 is 6.08. The van der Waals surface area contributed by atoms with E-state index in [2.05, 4.69) is 27.5 Å². The predicted molar refractivity (Wildman–Crippen MR) is 105 cm³/mol. The van der Waals surface area contributed by atoms with Crippen LogP contribution in [0.1, 0.15) is 5.56 Å². The van der Waals surface area contributed by atoms with Gasteiger partial charge in [-0.1, -0.05) is 17.7 Å². The number of amides is 2. The molecule has 3 rings (SSSR count). The van der Waals surface area contributed by atoms with Crippen LogP contribution in [-0.2, 0) is 0 Å². The van der Waals surface area contributed by atoms with E-state index in [1.54, 1.807) is 6.07 Å². The fraction of sp³-hybridized carbons (Fsp3) is 0.316. The monoisotopic (exact) mass is 358 g/mol. The Hall–Kier alpha value is -2.24. The van der Waals surface area contributed by atoms with E-state index in [4.69, 9.17) is 11.6 Å². The summed E-state index contributed by atoms with van der Waals surface area (Å²) in [6.07, 6.45) is 0. The molecule has 1 heterocycles. The van der Waals surface area contributed by atoms with Crippen molar-refractivity contribution in [2.45, 2.75) is 6.92 Å². The van der Waals surface area contributed by atoms with Crippen LogP contribution in [0.5, 0.6) is 0 Å². The second-order valence-corrected chi connectivity index (χ2v) is 6.74. The van der Waals surface area contributed by atoms with Gasteiger partial charge in [-0.15, -0.1) is 0 Å². The second kappa shape index (κ2) is 7.76. The number of likely N-dealkylation sites (N-methyl/N-ethyl adjacent to an activating group) is 1. The predicted octanol–water partition coefficient (Wildman–Crippen LogP) is 4.04. The first-order valence-electron chi connectivity index (χ1n) is 8.39. The summed E-state index contributed by atoms with van der Waals surface area (Å²) in [6, 6.07) is 13.1. The molecule has 0 radical (unpaired) electrons. The lowest BCUT2D eigenvalue weighted by molar-refractivity contribution is 0.262. The van der Waals surface area contributed by atoms with Crippen LogP contribution >= 0.6 is 11.6 Å². The van der Waals surface area contributed by atoms with Crippen molar-refractivity contribution in [1.82, 2.24) is 4.90 Å². The van der Waals surface area contributed by atoms with Crippen LogP contribution in [0, 0.1) is 6.92 Å². The SMILES string of the molecule is Cc1c(Cl)cccc1NC(=O)Nc1ccc(N2CCN(C)CC2)cc1. The van der Waals surface area contributed by atoms with E-state index in [1.165, 1.54) is 5.69 Å². The standard InChI is InChI=1S/C19H23ClN4O/c1-14-17(20)4-3-5-18(14)22-19(25)21-15-6-8-16(9-7-15)24-12-10-23(2)11-13-24/h3-9H,10-13H2,1-2H3,(H2,21,22,25). The van der Waals surface area contributed by atoms with E-state index < -0.39 is 0 Å². The number of piperazine rings is 1. The zero-order chi connectivity index (χ0) is 17.8. The zero-order valence-corrected chi connectivity index (χ0v) is 15.3. The number of urea groups is 1. The maximum Gasteiger partial charge on any atom is 0.323 e. The number of hydrogen-bond donors (Lipinski definition) is 2. The van der Waals surface area contributed by atoms with Gasteiger partial charge in [0.25, 0.3) is 0 Å². The van der Waals surface area contributed by atoms with Gasteiger partial charge in [0, 0.05) is 48.3 Å². The summed E-state index contributed by atoms with van der Waals surface area (Å²) in [5.41, 5.74) is 3.50. The van der Waals surface area contributed by atoms with Crippen LogP contribution in [0.2, 0.25) is 5.02 Å². The molecule has 0 unspecified atom stereocenters. The third-order valence-corrected chi connectivity index (χ3v) is 4.92. The number of halogens is 1. The smallest absolute Gasteiger partial charge is 0.323 e. The summed E-state index contributed by atoms with van der Waals surface area (Å²) in [5.74, 6) is 0. The molecule has 132 valence electrons. The van der Waals surface area contributed by atoms with Crippen molar-refractivity contribution in [2.24, 2.45) is 0 Å². The average molecular weight is 359 g/mol. The van der Waals surface area contributed by atoms with Crippen LogP contribution in [-0.4, -0.2) is 44.2 Å². The van der Waals surface area contributed by atoms with Crippen LogP contribution in [0.3, 0.4) is 0 Å². The largest absolute Gasteiger partial charge is 0.369 e. The van der Waals surface area contributed by atoms with Gasteiger partial charge in [-0.25, -0.2) is 4.79 Å². The molecule has 5 nitrogen and oxygen atoms in total. The highest BCUT2D eigenvalue weighted by Crippen LogP contribution is 2.23. The Kier molecular flexibility index (Phi) is 5.46. The van der Waals surface area contributed by atoms with E-state index in [0.717, 1.165) is 37.4 Å². The fourth-order valence-electron chi connectivity index (χ4n) is 2.85. The Balaban J connectivity index is 1.59. The first kappa shape index (κ1) is 17.6. The van der Waals surface area contributed by atoms with Crippen LogP contribution in [0.4, 0.5) is 21.9 Å². The molecule has 1 aliphatic rings. The quantitative estimate of drug-likeness (QED) is 0.870. The Labute approximate surface area is 153 Å². The van der Waals surface area contributed by atoms with Crippen LogP contribution in [0.15, 0.2) is 42.5 Å². The highest BCUT2D eigenvalue weighted by Gasteiger charge is 2.14. The van der Waals surface area contributed by atoms with Crippen molar-refractivity contribution in [3.8, 4) is 0 Å². The van der Waals surface area contributed by atoms with Crippen molar-refractivity contribution in [3.63, 3.8) is 0 Å². The van der Waals surface area contributed by atoms with Gasteiger partial charge in [0.05, 0.1) is 0 Å². The van der Waals surface area contributed by atoms with Gasteiger partial charge < -0.3 is 20.4 Å². The van der Waals surface area contributed by atoms with Crippen molar-refractivity contribution >= 4 is 34.7 Å². The summed E-state index contributed by atoms with van der Waals surface area (Å²) in [6.45, 7) is 6.07. The molecule has 1 aliphatic heterocycles. The molecule has 2 N–H and O–H groups in total. The fourth-order valence-corrected chi connectivity index (χ4v) is 3.02. The highest BCUT2D eigenvalue weighted by molar-refractivity contribution is 6.31. The molecule has 6 heteroatoms. The van der Waals surface area contributed by atoms with Crippen LogP contribution in [0.25, 0.3) is 0 Å². The molecular weight excluding hydrogens is 336 g/mol. The topological polar surface area (TPSA) is 47.6 Å². The minimum atomic E-state index is -0.280. The van der Waals surface area contributed by atoms with Gasteiger partial charge in [0.1, 0.15) is 0 Å². The van der Waals surface area contributed by atoms with Gasteiger partial charge in [0.15, 0.2) is 0 Å². The Morgan fingerprint density at radius 2 is 1.68 bits per heavy atom. The van der Waals surface area contributed by atoms with E-state index in [1.807, 2.05) is 43.3 Å². The normalized spacial score (nSPS) is 15.1. The lowest BCUT2D eigenvalue weighted by Gasteiger charge is -2.34. The van der Waals surface area contributed by atoms with Gasteiger partial charge in [0.2, 0.25) is 0 Å². The third kappa shape index (κ3) is 4.44. The van der Waals surface area contributed by atoms with E-state index in [-0.39, 0.29) is 6.03 Å². The molecule has 2 aromatic carbocycles. The molecule has 0 saturated carbocycles. The molecule has 0 bridgehead atoms. The molecule has 0 atom stereocenters.